The van der Waals surface area contributed by atoms with Gasteiger partial charge in [0.2, 0.25) is 0 Å². The summed E-state index contributed by atoms with van der Waals surface area (Å²) in [5, 5.41) is 14.9. The molecule has 2 fully saturated rings. The highest BCUT2D eigenvalue weighted by Crippen LogP contribution is 2.51. The molecule has 2 aliphatic rings. The van der Waals surface area contributed by atoms with E-state index in [1.807, 2.05) is 29.4 Å². The Bertz CT molecular complexity index is 765. The largest absolute Gasteiger partial charge is 0.349 e. The molecule has 0 atom stereocenters. The molecule has 0 bridgehead atoms. The highest BCUT2D eigenvalue weighted by Gasteiger charge is 2.44. The number of hydrogen-bond acceptors (Lipinski definition) is 5. The topological polar surface area (TPSA) is 71.8 Å². The zero-order valence-electron chi connectivity index (χ0n) is 15.1. The molecule has 1 aromatic carbocycles. The number of thioether (sulfide) groups is 1. The lowest BCUT2D eigenvalue weighted by atomic mass is 10.1. The van der Waals surface area contributed by atoms with Gasteiger partial charge in [-0.15, -0.1) is 16.9 Å². The number of amides is 1. The van der Waals surface area contributed by atoms with Gasteiger partial charge in [0.1, 0.15) is 0 Å². The van der Waals surface area contributed by atoms with E-state index in [0.29, 0.717) is 18.3 Å². The second-order valence-corrected chi connectivity index (χ2v) is 8.77. The molecular formula is C19H25N5OS. The summed E-state index contributed by atoms with van der Waals surface area (Å²) in [5.41, 5.74) is 1.33. The molecule has 6 nitrogen and oxygen atoms in total. The molecule has 138 valence electrons. The SMILES string of the molecule is Cc1c(C(=O)NCC2(Sc3ccccc3)CC2)nnn1C1CCNCC1. The Labute approximate surface area is 158 Å². The third-order valence-electron chi connectivity index (χ3n) is 5.25. The van der Waals surface area contributed by atoms with Crippen LogP contribution < -0.4 is 10.6 Å². The van der Waals surface area contributed by atoms with Gasteiger partial charge >= 0.3 is 0 Å². The first-order valence-electron chi connectivity index (χ1n) is 9.32. The van der Waals surface area contributed by atoms with Gasteiger partial charge in [-0.05, 0) is 57.8 Å². The van der Waals surface area contributed by atoms with E-state index in [9.17, 15) is 4.79 Å². The zero-order chi connectivity index (χ0) is 18.0. The third-order valence-corrected chi connectivity index (χ3v) is 6.75. The molecule has 4 rings (SSSR count). The third kappa shape index (κ3) is 3.78. The van der Waals surface area contributed by atoms with Gasteiger partial charge in [-0.1, -0.05) is 23.4 Å². The predicted molar refractivity (Wildman–Crippen MR) is 102 cm³/mol. The molecule has 2 aromatic rings. The van der Waals surface area contributed by atoms with Crippen LogP contribution in [0.3, 0.4) is 0 Å². The minimum atomic E-state index is -0.109. The van der Waals surface area contributed by atoms with Crippen LogP contribution in [0.4, 0.5) is 0 Å². The first-order chi connectivity index (χ1) is 12.7. The molecule has 1 aliphatic heterocycles. The molecule has 1 amide bonds. The van der Waals surface area contributed by atoms with E-state index in [1.54, 1.807) is 0 Å². The van der Waals surface area contributed by atoms with Crippen LogP contribution in [-0.4, -0.2) is 45.3 Å². The maximum absolute atomic E-state index is 12.6. The molecule has 1 saturated heterocycles. The van der Waals surface area contributed by atoms with Crippen LogP contribution in [0.1, 0.15) is 47.9 Å². The molecule has 2 N–H and O–H groups in total. The molecule has 26 heavy (non-hydrogen) atoms. The van der Waals surface area contributed by atoms with Crippen molar-refractivity contribution in [3.05, 3.63) is 41.7 Å². The normalized spacial score (nSPS) is 19.3. The van der Waals surface area contributed by atoms with Crippen LogP contribution in [0.5, 0.6) is 0 Å². The number of carbonyl (C=O) groups excluding carboxylic acids is 1. The Morgan fingerprint density at radius 1 is 1.31 bits per heavy atom. The smallest absolute Gasteiger partial charge is 0.273 e. The van der Waals surface area contributed by atoms with Crippen molar-refractivity contribution in [2.45, 2.75) is 48.3 Å². The van der Waals surface area contributed by atoms with Gasteiger partial charge in [0.25, 0.3) is 5.91 Å². The van der Waals surface area contributed by atoms with E-state index >= 15 is 0 Å². The first kappa shape index (κ1) is 17.5. The van der Waals surface area contributed by atoms with E-state index in [2.05, 4.69) is 45.2 Å². The molecular weight excluding hydrogens is 346 g/mol. The molecule has 7 heteroatoms. The maximum Gasteiger partial charge on any atom is 0.273 e. The number of piperidine rings is 1. The van der Waals surface area contributed by atoms with Gasteiger partial charge in [-0.3, -0.25) is 4.79 Å². The lowest BCUT2D eigenvalue weighted by molar-refractivity contribution is 0.0947. The fourth-order valence-electron chi connectivity index (χ4n) is 3.47. The van der Waals surface area contributed by atoms with Crippen LogP contribution in [-0.2, 0) is 0 Å². The summed E-state index contributed by atoms with van der Waals surface area (Å²) in [5.74, 6) is -0.109. The van der Waals surface area contributed by atoms with Crippen LogP contribution in [0.25, 0.3) is 0 Å². The molecule has 1 aliphatic carbocycles. The number of benzene rings is 1. The average Bonchev–Trinajstić information content (AvgIpc) is 3.33. The van der Waals surface area contributed by atoms with Crippen molar-refractivity contribution in [1.82, 2.24) is 25.6 Å². The number of hydrogen-bond donors (Lipinski definition) is 2. The summed E-state index contributed by atoms with van der Waals surface area (Å²) < 4.78 is 2.07. The monoisotopic (exact) mass is 371 g/mol. The van der Waals surface area contributed by atoms with Crippen molar-refractivity contribution in [2.75, 3.05) is 19.6 Å². The van der Waals surface area contributed by atoms with Gasteiger partial charge in [-0.2, -0.15) is 0 Å². The highest BCUT2D eigenvalue weighted by atomic mass is 32.2. The van der Waals surface area contributed by atoms with Gasteiger partial charge in [0, 0.05) is 16.2 Å². The number of nitrogens with one attached hydrogen (secondary N) is 2. The van der Waals surface area contributed by atoms with E-state index in [4.69, 9.17) is 0 Å². The Kier molecular flexibility index (Phi) is 5.00. The molecule has 0 radical (unpaired) electrons. The quantitative estimate of drug-likeness (QED) is 0.817. The van der Waals surface area contributed by atoms with E-state index in [0.717, 1.165) is 44.5 Å². The summed E-state index contributed by atoms with van der Waals surface area (Å²) in [4.78, 5) is 13.9. The van der Waals surface area contributed by atoms with Gasteiger partial charge in [-0.25, -0.2) is 4.68 Å². The summed E-state index contributed by atoms with van der Waals surface area (Å²) in [7, 11) is 0. The van der Waals surface area contributed by atoms with Crippen molar-refractivity contribution in [3.63, 3.8) is 0 Å². The van der Waals surface area contributed by atoms with E-state index in [1.165, 1.54) is 4.90 Å². The molecule has 0 spiro atoms. The minimum Gasteiger partial charge on any atom is -0.349 e. The van der Waals surface area contributed by atoms with Crippen molar-refractivity contribution in [1.29, 1.82) is 0 Å². The Morgan fingerprint density at radius 3 is 2.73 bits per heavy atom. The predicted octanol–water partition coefficient (Wildman–Crippen LogP) is 2.57. The molecule has 2 heterocycles. The summed E-state index contributed by atoms with van der Waals surface area (Å²) in [6.07, 6.45) is 4.32. The van der Waals surface area contributed by atoms with Gasteiger partial charge < -0.3 is 10.6 Å². The fourth-order valence-corrected chi connectivity index (χ4v) is 4.71. The lowest BCUT2D eigenvalue weighted by Gasteiger charge is -2.23. The molecule has 1 aromatic heterocycles. The second kappa shape index (κ2) is 7.40. The Morgan fingerprint density at radius 2 is 2.04 bits per heavy atom. The standard InChI is InChI=1S/C19H25N5OS/c1-14-17(22-23-24(14)15-7-11-20-12-8-15)18(25)21-13-19(9-10-19)26-16-5-3-2-4-6-16/h2-6,15,20H,7-13H2,1H3,(H,21,25). The lowest BCUT2D eigenvalue weighted by Crippen LogP contribution is -2.33. The van der Waals surface area contributed by atoms with Gasteiger partial charge in [0.05, 0.1) is 11.7 Å². The van der Waals surface area contributed by atoms with Crippen LogP contribution in [0.15, 0.2) is 35.2 Å². The summed E-state index contributed by atoms with van der Waals surface area (Å²) in [6.45, 7) is 4.60. The van der Waals surface area contributed by atoms with Crippen LogP contribution in [0.2, 0.25) is 0 Å². The highest BCUT2D eigenvalue weighted by molar-refractivity contribution is 8.01. The van der Waals surface area contributed by atoms with Crippen LogP contribution in [0, 0.1) is 6.92 Å². The Balaban J connectivity index is 1.37. The number of aromatic nitrogens is 3. The minimum absolute atomic E-state index is 0.109. The molecule has 0 unspecified atom stereocenters. The number of carbonyl (C=O) groups is 1. The van der Waals surface area contributed by atoms with Crippen molar-refractivity contribution < 1.29 is 4.79 Å². The fraction of sp³-hybridized carbons (Fsp3) is 0.526. The number of rotatable bonds is 6. The summed E-state index contributed by atoms with van der Waals surface area (Å²) >= 11 is 1.86. The van der Waals surface area contributed by atoms with Crippen molar-refractivity contribution in [3.8, 4) is 0 Å². The van der Waals surface area contributed by atoms with Crippen molar-refractivity contribution >= 4 is 17.7 Å². The summed E-state index contributed by atoms with van der Waals surface area (Å²) in [6, 6.07) is 10.7. The zero-order valence-corrected chi connectivity index (χ0v) is 15.9. The van der Waals surface area contributed by atoms with Crippen LogP contribution >= 0.6 is 11.8 Å². The maximum atomic E-state index is 12.6. The Hall–Kier alpha value is -1.86. The van der Waals surface area contributed by atoms with E-state index in [-0.39, 0.29) is 10.7 Å². The first-order valence-corrected chi connectivity index (χ1v) is 10.1. The van der Waals surface area contributed by atoms with Gasteiger partial charge in [0.15, 0.2) is 5.69 Å². The van der Waals surface area contributed by atoms with Crippen molar-refractivity contribution in [2.24, 2.45) is 0 Å². The molecule has 1 saturated carbocycles. The van der Waals surface area contributed by atoms with E-state index < -0.39 is 0 Å². The number of nitrogens with zero attached hydrogens (tertiary/aromatic N) is 3. The second-order valence-electron chi connectivity index (χ2n) is 7.23. The average molecular weight is 372 g/mol.